The van der Waals surface area contributed by atoms with E-state index in [4.69, 9.17) is 0 Å². The Labute approximate surface area is 187 Å². The number of likely N-dealkylation sites (tertiary alicyclic amines) is 1. The molecule has 168 valence electrons. The van der Waals surface area contributed by atoms with Crippen molar-refractivity contribution in [2.45, 2.75) is 24.5 Å². The number of carboxylic acid groups (broad SMARTS) is 2. The van der Waals surface area contributed by atoms with Crippen molar-refractivity contribution >= 4 is 35.1 Å². The van der Waals surface area contributed by atoms with Crippen LogP contribution in [0.1, 0.15) is 23.0 Å². The number of rotatable bonds is 9. The molecule has 0 radical (unpaired) electrons. The SMILES string of the molecule is O=C(O)CC1(C(=O)O)NC(c2nccs2)C2C(=O)N(CCNCc3ccccc3)C(=O)C21. The Morgan fingerprint density at radius 1 is 1.19 bits per heavy atom. The quantitative estimate of drug-likeness (QED) is 0.311. The highest BCUT2D eigenvalue weighted by Crippen LogP contribution is 2.50. The number of thiazole rings is 1. The minimum Gasteiger partial charge on any atom is -0.481 e. The average molecular weight is 458 g/mol. The Hall–Kier alpha value is -3.15. The molecule has 4 atom stereocenters. The maximum absolute atomic E-state index is 13.2. The second kappa shape index (κ2) is 8.77. The van der Waals surface area contributed by atoms with Crippen molar-refractivity contribution < 1.29 is 29.4 Å². The predicted octanol–water partition coefficient (Wildman–Crippen LogP) is 0.477. The smallest absolute Gasteiger partial charge is 0.325 e. The zero-order valence-electron chi connectivity index (χ0n) is 16.9. The first-order chi connectivity index (χ1) is 15.3. The molecule has 2 aromatic rings. The lowest BCUT2D eigenvalue weighted by Crippen LogP contribution is -2.57. The first kappa shape index (κ1) is 22.1. The summed E-state index contributed by atoms with van der Waals surface area (Å²) >= 11 is 1.22. The number of fused-ring (bicyclic) bond motifs is 1. The lowest BCUT2D eigenvalue weighted by atomic mass is 9.78. The van der Waals surface area contributed by atoms with Crippen LogP contribution in [0.25, 0.3) is 0 Å². The zero-order valence-corrected chi connectivity index (χ0v) is 17.7. The van der Waals surface area contributed by atoms with Gasteiger partial charge in [-0.05, 0) is 5.56 Å². The van der Waals surface area contributed by atoms with Crippen LogP contribution in [0.3, 0.4) is 0 Å². The number of nitrogens with zero attached hydrogens (tertiary/aromatic N) is 2. The van der Waals surface area contributed by atoms with Gasteiger partial charge in [-0.2, -0.15) is 0 Å². The van der Waals surface area contributed by atoms with E-state index in [1.807, 2.05) is 30.3 Å². The molecule has 2 aliphatic heterocycles. The number of carboxylic acids is 2. The van der Waals surface area contributed by atoms with Gasteiger partial charge in [0.15, 0.2) is 0 Å². The van der Waals surface area contributed by atoms with Gasteiger partial charge in [0, 0.05) is 31.2 Å². The van der Waals surface area contributed by atoms with Crippen molar-refractivity contribution in [1.82, 2.24) is 20.5 Å². The van der Waals surface area contributed by atoms with Crippen molar-refractivity contribution in [1.29, 1.82) is 0 Å². The largest absolute Gasteiger partial charge is 0.481 e. The van der Waals surface area contributed by atoms with Crippen LogP contribution in [0.5, 0.6) is 0 Å². The van der Waals surface area contributed by atoms with Crippen LogP contribution in [0.4, 0.5) is 0 Å². The summed E-state index contributed by atoms with van der Waals surface area (Å²) < 4.78 is 0. The molecule has 10 nitrogen and oxygen atoms in total. The molecule has 2 amide bonds. The lowest BCUT2D eigenvalue weighted by molar-refractivity contribution is -0.155. The van der Waals surface area contributed by atoms with Gasteiger partial charge in [-0.15, -0.1) is 11.3 Å². The summed E-state index contributed by atoms with van der Waals surface area (Å²) in [5.74, 6) is -6.38. The van der Waals surface area contributed by atoms with Gasteiger partial charge in [-0.1, -0.05) is 30.3 Å². The Balaban J connectivity index is 1.57. The maximum Gasteiger partial charge on any atom is 0.325 e. The van der Waals surface area contributed by atoms with E-state index in [0.717, 1.165) is 10.5 Å². The lowest BCUT2D eigenvalue weighted by Gasteiger charge is -2.29. The van der Waals surface area contributed by atoms with Crippen molar-refractivity contribution in [2.24, 2.45) is 11.8 Å². The summed E-state index contributed by atoms with van der Waals surface area (Å²) in [6.45, 7) is 0.927. The van der Waals surface area contributed by atoms with Crippen LogP contribution >= 0.6 is 11.3 Å². The van der Waals surface area contributed by atoms with Gasteiger partial charge < -0.3 is 15.5 Å². The molecule has 1 aromatic heterocycles. The molecular weight excluding hydrogens is 436 g/mol. The Kier molecular flexibility index (Phi) is 6.04. The van der Waals surface area contributed by atoms with E-state index in [-0.39, 0.29) is 6.54 Å². The monoisotopic (exact) mass is 458 g/mol. The summed E-state index contributed by atoms with van der Waals surface area (Å²) in [7, 11) is 0. The van der Waals surface area contributed by atoms with Gasteiger partial charge in [-0.3, -0.25) is 29.4 Å². The fourth-order valence-electron chi connectivity index (χ4n) is 4.58. The molecule has 4 unspecified atom stereocenters. The highest BCUT2D eigenvalue weighted by Gasteiger charge is 2.69. The molecule has 1 aromatic carbocycles. The number of carbonyl (C=O) groups excluding carboxylic acids is 2. The van der Waals surface area contributed by atoms with Crippen molar-refractivity contribution in [3.8, 4) is 0 Å². The summed E-state index contributed by atoms with van der Waals surface area (Å²) in [6, 6.07) is 8.76. The molecule has 0 aliphatic carbocycles. The molecule has 2 saturated heterocycles. The Morgan fingerprint density at radius 2 is 1.94 bits per heavy atom. The van der Waals surface area contributed by atoms with Crippen molar-refractivity contribution in [3.63, 3.8) is 0 Å². The van der Waals surface area contributed by atoms with E-state index >= 15 is 0 Å². The molecular formula is C21H22N4O6S. The van der Waals surface area contributed by atoms with E-state index in [1.54, 1.807) is 5.38 Å². The maximum atomic E-state index is 13.2. The summed E-state index contributed by atoms with van der Waals surface area (Å²) in [5, 5.41) is 27.4. The average Bonchev–Trinajstić information content (AvgIpc) is 3.45. The van der Waals surface area contributed by atoms with Gasteiger partial charge in [0.05, 0.1) is 24.3 Å². The van der Waals surface area contributed by atoms with Crippen molar-refractivity contribution in [3.05, 3.63) is 52.5 Å². The normalized spacial score (nSPS) is 27.0. The third-order valence-corrected chi connectivity index (χ3v) is 6.82. The fraction of sp³-hybridized carbons (Fsp3) is 0.381. The number of amides is 2. The summed E-state index contributed by atoms with van der Waals surface area (Å²) in [5.41, 5.74) is -1.05. The van der Waals surface area contributed by atoms with Gasteiger partial charge in [-0.25, -0.2) is 4.98 Å². The molecule has 0 bridgehead atoms. The van der Waals surface area contributed by atoms with Gasteiger partial charge >= 0.3 is 11.9 Å². The summed E-state index contributed by atoms with van der Waals surface area (Å²) in [6.07, 6.45) is 0.686. The second-order valence-corrected chi connectivity index (χ2v) is 8.76. The van der Waals surface area contributed by atoms with E-state index < -0.39 is 53.6 Å². The van der Waals surface area contributed by atoms with Crippen LogP contribution in [0, 0.1) is 11.8 Å². The minimum absolute atomic E-state index is 0.0604. The van der Waals surface area contributed by atoms with Gasteiger partial charge in [0.2, 0.25) is 11.8 Å². The highest BCUT2D eigenvalue weighted by molar-refractivity contribution is 7.09. The van der Waals surface area contributed by atoms with Crippen LogP contribution in [-0.2, 0) is 25.7 Å². The molecule has 32 heavy (non-hydrogen) atoms. The topological polar surface area (TPSA) is 149 Å². The van der Waals surface area contributed by atoms with Gasteiger partial charge in [0.25, 0.3) is 0 Å². The molecule has 2 fully saturated rings. The third-order valence-electron chi connectivity index (χ3n) is 5.96. The fourth-order valence-corrected chi connectivity index (χ4v) is 5.31. The first-order valence-corrected chi connectivity index (χ1v) is 11.0. The number of benzene rings is 1. The molecule has 2 aliphatic rings. The van der Waals surface area contributed by atoms with Crippen LogP contribution in [-0.4, -0.2) is 62.5 Å². The summed E-state index contributed by atoms with van der Waals surface area (Å²) in [4.78, 5) is 55.5. The standard InChI is InChI=1S/C21H22N4O6S/c26-13(27)10-21(20(30)31)15-14(16(24-21)17-23-7-9-32-17)18(28)25(19(15)29)8-6-22-11-12-4-2-1-3-5-12/h1-5,7,9,14-16,22,24H,6,8,10-11H2,(H,26,27)(H,30,31). The molecule has 0 spiro atoms. The Morgan fingerprint density at radius 3 is 2.56 bits per heavy atom. The van der Waals surface area contributed by atoms with Crippen LogP contribution in [0.15, 0.2) is 41.9 Å². The van der Waals surface area contributed by atoms with E-state index in [2.05, 4.69) is 15.6 Å². The van der Waals surface area contributed by atoms with Crippen LogP contribution in [0.2, 0.25) is 0 Å². The van der Waals surface area contributed by atoms with Gasteiger partial charge in [0.1, 0.15) is 10.5 Å². The number of aromatic nitrogens is 1. The van der Waals surface area contributed by atoms with E-state index in [1.165, 1.54) is 17.5 Å². The number of imide groups is 1. The molecule has 4 N–H and O–H groups in total. The van der Waals surface area contributed by atoms with E-state index in [9.17, 15) is 29.4 Å². The van der Waals surface area contributed by atoms with Crippen LogP contribution < -0.4 is 10.6 Å². The first-order valence-electron chi connectivity index (χ1n) is 10.1. The molecule has 3 heterocycles. The number of carbonyl (C=O) groups is 4. The highest BCUT2D eigenvalue weighted by atomic mass is 32.1. The number of aliphatic carboxylic acids is 2. The second-order valence-electron chi connectivity index (χ2n) is 7.83. The minimum atomic E-state index is -2.09. The molecule has 0 saturated carbocycles. The zero-order chi connectivity index (χ0) is 22.9. The van der Waals surface area contributed by atoms with E-state index in [0.29, 0.717) is 18.1 Å². The number of hydrogen-bond donors (Lipinski definition) is 4. The Bertz CT molecular complexity index is 1030. The number of hydrogen-bond acceptors (Lipinski definition) is 8. The van der Waals surface area contributed by atoms with Crippen molar-refractivity contribution in [2.75, 3.05) is 13.1 Å². The number of nitrogens with one attached hydrogen (secondary N) is 2. The third kappa shape index (κ3) is 3.78. The predicted molar refractivity (Wildman–Crippen MR) is 112 cm³/mol. The molecule has 11 heteroatoms. The molecule has 4 rings (SSSR count).